The van der Waals surface area contributed by atoms with Gasteiger partial charge in [-0.3, -0.25) is 10.4 Å². The van der Waals surface area contributed by atoms with Crippen molar-refractivity contribution in [1.29, 1.82) is 0 Å². The predicted molar refractivity (Wildman–Crippen MR) is 90.6 cm³/mol. The molecular formula is C18H16FN3O. The quantitative estimate of drug-likeness (QED) is 0.582. The summed E-state index contributed by atoms with van der Waals surface area (Å²) in [5.41, 5.74) is 5.87. The summed E-state index contributed by atoms with van der Waals surface area (Å²) in [4.78, 5) is 4.49. The van der Waals surface area contributed by atoms with Crippen LogP contribution in [0.5, 0.6) is 5.75 Å². The topological polar surface area (TPSA) is 46.5 Å². The summed E-state index contributed by atoms with van der Waals surface area (Å²) in [7, 11) is 1.62. The fraction of sp³-hybridized carbons (Fsp3) is 0.111. The van der Waals surface area contributed by atoms with Gasteiger partial charge in [0.1, 0.15) is 11.6 Å². The Bertz CT molecular complexity index is 877. The summed E-state index contributed by atoms with van der Waals surface area (Å²) in [5, 5.41) is 5.05. The molecule has 2 aromatic carbocycles. The first kappa shape index (κ1) is 15.0. The zero-order valence-corrected chi connectivity index (χ0v) is 12.9. The van der Waals surface area contributed by atoms with Gasteiger partial charge in [-0.15, -0.1) is 0 Å². The molecule has 23 heavy (non-hydrogen) atoms. The average molecular weight is 309 g/mol. The molecule has 0 aliphatic rings. The number of hydrogen-bond donors (Lipinski definition) is 1. The number of hydrazone groups is 1. The fourth-order valence-corrected chi connectivity index (χ4v) is 2.31. The molecule has 0 radical (unpaired) electrons. The highest BCUT2D eigenvalue weighted by Gasteiger charge is 2.05. The van der Waals surface area contributed by atoms with Crippen LogP contribution >= 0.6 is 0 Å². The highest BCUT2D eigenvalue weighted by Crippen LogP contribution is 2.26. The lowest BCUT2D eigenvalue weighted by atomic mass is 10.1. The molecule has 0 aliphatic heterocycles. The molecule has 116 valence electrons. The molecule has 0 spiro atoms. The number of hydrogen-bond acceptors (Lipinski definition) is 4. The first-order valence-electron chi connectivity index (χ1n) is 7.16. The van der Waals surface area contributed by atoms with Gasteiger partial charge in [0.05, 0.1) is 24.5 Å². The maximum absolute atomic E-state index is 13.6. The van der Waals surface area contributed by atoms with Gasteiger partial charge in [-0.05, 0) is 31.2 Å². The smallest absolute Gasteiger partial charge is 0.132 e. The normalized spacial score (nSPS) is 11.1. The van der Waals surface area contributed by atoms with Crippen LogP contribution in [0.25, 0.3) is 10.9 Å². The van der Waals surface area contributed by atoms with Gasteiger partial charge in [0.15, 0.2) is 0 Å². The Kier molecular flexibility index (Phi) is 4.19. The summed E-state index contributed by atoms with van der Waals surface area (Å²) in [6.07, 6.45) is 1.46. The van der Waals surface area contributed by atoms with Crippen LogP contribution in [0.15, 0.2) is 53.6 Å². The van der Waals surface area contributed by atoms with E-state index in [9.17, 15) is 4.39 Å². The number of methoxy groups -OCH3 is 1. The van der Waals surface area contributed by atoms with Crippen LogP contribution in [0, 0.1) is 12.7 Å². The number of benzene rings is 2. The summed E-state index contributed by atoms with van der Waals surface area (Å²) in [6.45, 7) is 1.91. The van der Waals surface area contributed by atoms with Crippen molar-refractivity contribution in [3.63, 3.8) is 0 Å². The van der Waals surface area contributed by atoms with Gasteiger partial charge < -0.3 is 4.74 Å². The van der Waals surface area contributed by atoms with Crippen molar-refractivity contribution in [1.82, 2.24) is 4.98 Å². The second kappa shape index (κ2) is 6.44. The minimum absolute atomic E-state index is 0.307. The van der Waals surface area contributed by atoms with E-state index in [1.165, 1.54) is 12.3 Å². The molecule has 0 unspecified atom stereocenters. The molecule has 4 nitrogen and oxygen atoms in total. The number of pyridine rings is 1. The molecule has 1 N–H and O–H groups in total. The molecule has 3 rings (SSSR count). The van der Waals surface area contributed by atoms with Crippen LogP contribution in [0.2, 0.25) is 0 Å². The number of nitrogens with one attached hydrogen (secondary N) is 1. The van der Waals surface area contributed by atoms with Crippen LogP contribution in [0.1, 0.15) is 11.3 Å². The maximum atomic E-state index is 13.6. The summed E-state index contributed by atoms with van der Waals surface area (Å²) in [6, 6.07) is 14.0. The van der Waals surface area contributed by atoms with Crippen molar-refractivity contribution in [3.8, 4) is 5.75 Å². The molecule has 0 atom stereocenters. The van der Waals surface area contributed by atoms with Crippen LogP contribution in [0.4, 0.5) is 10.1 Å². The SMILES string of the molecule is COc1ccc2c(N/N=C/c3ccccc3F)cc(C)nc2c1. The van der Waals surface area contributed by atoms with E-state index in [-0.39, 0.29) is 5.82 Å². The molecule has 0 bridgehead atoms. The Morgan fingerprint density at radius 1 is 1.17 bits per heavy atom. The lowest BCUT2D eigenvalue weighted by Gasteiger charge is -2.08. The van der Waals surface area contributed by atoms with Crippen LogP contribution in [-0.4, -0.2) is 18.3 Å². The summed E-state index contributed by atoms with van der Waals surface area (Å²) < 4.78 is 18.8. The minimum Gasteiger partial charge on any atom is -0.497 e. The van der Waals surface area contributed by atoms with Gasteiger partial charge in [0, 0.05) is 22.7 Å². The number of fused-ring (bicyclic) bond motifs is 1. The Labute approximate surface area is 133 Å². The Morgan fingerprint density at radius 2 is 2.00 bits per heavy atom. The second-order valence-electron chi connectivity index (χ2n) is 5.09. The second-order valence-corrected chi connectivity index (χ2v) is 5.09. The van der Waals surface area contributed by atoms with Crippen LogP contribution < -0.4 is 10.2 Å². The highest BCUT2D eigenvalue weighted by atomic mass is 19.1. The molecule has 0 saturated heterocycles. The van der Waals surface area contributed by atoms with E-state index in [2.05, 4.69) is 15.5 Å². The van der Waals surface area contributed by atoms with Gasteiger partial charge in [-0.2, -0.15) is 5.10 Å². The van der Waals surface area contributed by atoms with Crippen molar-refractivity contribution in [2.75, 3.05) is 12.5 Å². The third-order valence-corrected chi connectivity index (χ3v) is 3.44. The standard InChI is InChI=1S/C18H16FN3O/c1-12-9-18(15-8-7-14(23-2)10-17(15)21-12)22-20-11-13-5-3-4-6-16(13)19/h3-11H,1-2H3,(H,21,22)/b20-11+. The monoisotopic (exact) mass is 309 g/mol. The number of anilines is 1. The molecule has 0 saturated carbocycles. The van der Waals surface area contributed by atoms with E-state index < -0.39 is 0 Å². The van der Waals surface area contributed by atoms with E-state index >= 15 is 0 Å². The van der Waals surface area contributed by atoms with E-state index in [0.717, 1.165) is 28.0 Å². The zero-order valence-electron chi connectivity index (χ0n) is 12.9. The van der Waals surface area contributed by atoms with Gasteiger partial charge >= 0.3 is 0 Å². The molecular weight excluding hydrogens is 293 g/mol. The summed E-state index contributed by atoms with van der Waals surface area (Å²) >= 11 is 0. The number of nitrogens with zero attached hydrogens (tertiary/aromatic N) is 2. The van der Waals surface area contributed by atoms with Gasteiger partial charge in [0.2, 0.25) is 0 Å². The van der Waals surface area contributed by atoms with E-state index in [4.69, 9.17) is 4.74 Å². The van der Waals surface area contributed by atoms with Gasteiger partial charge in [-0.1, -0.05) is 18.2 Å². The largest absolute Gasteiger partial charge is 0.497 e. The molecule has 1 aromatic heterocycles. The van der Waals surface area contributed by atoms with Gasteiger partial charge in [-0.25, -0.2) is 4.39 Å². The van der Waals surface area contributed by atoms with E-state index in [1.54, 1.807) is 25.3 Å². The van der Waals surface area contributed by atoms with E-state index in [1.807, 2.05) is 31.2 Å². The van der Waals surface area contributed by atoms with Crippen LogP contribution in [-0.2, 0) is 0 Å². The predicted octanol–water partition coefficient (Wildman–Crippen LogP) is 4.14. The zero-order chi connectivity index (χ0) is 16.2. The number of aromatic nitrogens is 1. The van der Waals surface area contributed by atoms with Crippen LogP contribution in [0.3, 0.4) is 0 Å². The molecule has 0 fully saturated rings. The van der Waals surface area contributed by atoms with Crippen molar-refractivity contribution in [2.24, 2.45) is 5.10 Å². The molecule has 5 heteroatoms. The molecule has 3 aromatic rings. The first-order valence-corrected chi connectivity index (χ1v) is 7.16. The molecule has 0 amide bonds. The summed E-state index contributed by atoms with van der Waals surface area (Å²) in [5.74, 6) is 0.440. The molecule has 1 heterocycles. The average Bonchev–Trinajstić information content (AvgIpc) is 2.55. The third kappa shape index (κ3) is 3.29. The van der Waals surface area contributed by atoms with Crippen molar-refractivity contribution in [3.05, 3.63) is 65.6 Å². The number of aryl methyl sites for hydroxylation is 1. The maximum Gasteiger partial charge on any atom is 0.132 e. The number of halogens is 1. The van der Waals surface area contributed by atoms with Crippen molar-refractivity contribution in [2.45, 2.75) is 6.92 Å². The Balaban J connectivity index is 1.92. The highest BCUT2D eigenvalue weighted by molar-refractivity contribution is 5.92. The fourth-order valence-electron chi connectivity index (χ4n) is 2.31. The van der Waals surface area contributed by atoms with Crippen molar-refractivity contribution >= 4 is 22.8 Å². The van der Waals surface area contributed by atoms with E-state index in [0.29, 0.717) is 5.56 Å². The lowest BCUT2D eigenvalue weighted by molar-refractivity contribution is 0.415. The first-order chi connectivity index (χ1) is 11.2. The van der Waals surface area contributed by atoms with Gasteiger partial charge in [0.25, 0.3) is 0 Å². The lowest BCUT2D eigenvalue weighted by Crippen LogP contribution is -1.96. The Morgan fingerprint density at radius 3 is 2.78 bits per heavy atom. The third-order valence-electron chi connectivity index (χ3n) is 3.44. The molecule has 0 aliphatic carbocycles. The Hall–Kier alpha value is -2.95. The number of ether oxygens (including phenoxy) is 1. The number of rotatable bonds is 4. The minimum atomic E-state index is -0.307. The van der Waals surface area contributed by atoms with Crippen molar-refractivity contribution < 1.29 is 9.13 Å².